The molecule has 0 aliphatic carbocycles. The number of hydrogen-bond donors (Lipinski definition) is 0. The van der Waals surface area contributed by atoms with Gasteiger partial charge in [-0.15, -0.1) is 11.1 Å². The van der Waals surface area contributed by atoms with Gasteiger partial charge in [-0.05, 0) is 32.3 Å². The van der Waals surface area contributed by atoms with Gasteiger partial charge >= 0.3 is 0 Å². The molecule has 4 rings (SSSR count). The van der Waals surface area contributed by atoms with E-state index >= 15 is 0 Å². The van der Waals surface area contributed by atoms with E-state index in [0.29, 0.717) is 0 Å². The zero-order chi connectivity index (χ0) is 35.0. The topological polar surface area (TPSA) is 0 Å². The van der Waals surface area contributed by atoms with Gasteiger partial charge in [-0.25, -0.2) is 0 Å². The van der Waals surface area contributed by atoms with Gasteiger partial charge in [-0.3, -0.25) is 0 Å². The van der Waals surface area contributed by atoms with Crippen molar-refractivity contribution >= 4 is 27.3 Å². The lowest BCUT2D eigenvalue weighted by atomic mass is 9.91. The molecule has 4 aromatic carbocycles. The average Bonchev–Trinajstić information content (AvgIpc) is 3.05. The quantitative estimate of drug-likeness (QED) is 0.151. The third kappa shape index (κ3) is 9.09. The van der Waals surface area contributed by atoms with Crippen molar-refractivity contribution in [3.63, 3.8) is 0 Å². The summed E-state index contributed by atoms with van der Waals surface area (Å²) in [5.74, 6) is 14.7. The summed E-state index contributed by atoms with van der Waals surface area (Å²) in [6.07, 6.45) is 0. The van der Waals surface area contributed by atoms with E-state index in [1.807, 2.05) is 0 Å². The first kappa shape index (κ1) is 36.3. The van der Waals surface area contributed by atoms with Crippen LogP contribution in [0.3, 0.4) is 0 Å². The minimum absolute atomic E-state index is 0.117. The number of hydrogen-bond acceptors (Lipinski definition) is 0. The van der Waals surface area contributed by atoms with Crippen molar-refractivity contribution in [1.82, 2.24) is 0 Å². The van der Waals surface area contributed by atoms with Crippen LogP contribution in [0.4, 0.5) is 0 Å². The summed E-state index contributed by atoms with van der Waals surface area (Å²) in [4.78, 5) is 0. The molecule has 4 aromatic rings. The standard InChI is InChI=1S/C46H50Si2/c1-45(2,3)47(7,8)35-33-41(43(37-23-15-11-16-24-37)38-25-17-12-18-26-38)31-32-42(34-36-48(9,10)46(4,5)6)44(39-27-19-13-20-28-39)40-29-21-14-22-30-40/h11-30H,1-10H3. The zero-order valence-corrected chi connectivity index (χ0v) is 32.5. The number of allylic oxidation sites excluding steroid dienone is 2. The largest absolute Gasteiger partial charge is 0.138 e. The second-order valence-corrected chi connectivity index (χ2v) is 25.5. The molecule has 0 aliphatic heterocycles. The van der Waals surface area contributed by atoms with Crippen LogP contribution in [-0.2, 0) is 0 Å². The fourth-order valence-corrected chi connectivity index (χ4v) is 6.20. The van der Waals surface area contributed by atoms with Crippen molar-refractivity contribution in [1.29, 1.82) is 0 Å². The molecule has 0 aliphatic rings. The normalized spacial score (nSPS) is 11.5. The van der Waals surface area contributed by atoms with Crippen LogP contribution in [0.2, 0.25) is 36.3 Å². The molecule has 0 unspecified atom stereocenters. The lowest BCUT2D eigenvalue weighted by molar-refractivity contribution is 0.730. The van der Waals surface area contributed by atoms with Gasteiger partial charge in [0.05, 0.1) is 11.1 Å². The molecule has 0 spiro atoms. The molecule has 48 heavy (non-hydrogen) atoms. The van der Waals surface area contributed by atoms with Crippen LogP contribution in [0.15, 0.2) is 132 Å². The Balaban J connectivity index is 2.17. The van der Waals surface area contributed by atoms with E-state index in [2.05, 4.69) is 224 Å². The molecule has 0 fully saturated rings. The van der Waals surface area contributed by atoms with Crippen molar-refractivity contribution in [2.24, 2.45) is 0 Å². The fourth-order valence-electron chi connectivity index (χ4n) is 4.58. The highest BCUT2D eigenvalue weighted by molar-refractivity contribution is 6.88. The van der Waals surface area contributed by atoms with Crippen molar-refractivity contribution in [2.45, 2.75) is 77.8 Å². The first-order chi connectivity index (χ1) is 22.6. The Bertz CT molecular complexity index is 1720. The molecule has 0 aromatic heterocycles. The molecule has 0 amide bonds. The van der Waals surface area contributed by atoms with Gasteiger partial charge in [0, 0.05) is 11.1 Å². The maximum absolute atomic E-state index is 3.79. The smallest absolute Gasteiger partial charge is 0.125 e. The summed E-state index contributed by atoms with van der Waals surface area (Å²) in [7, 11) is -3.91. The number of benzene rings is 4. The molecule has 0 saturated carbocycles. The molecule has 0 radical (unpaired) electrons. The van der Waals surface area contributed by atoms with Gasteiger partial charge in [0.25, 0.3) is 0 Å². The van der Waals surface area contributed by atoms with E-state index in [-0.39, 0.29) is 10.1 Å². The van der Waals surface area contributed by atoms with Crippen LogP contribution >= 0.6 is 0 Å². The van der Waals surface area contributed by atoms with Gasteiger partial charge in [0.15, 0.2) is 0 Å². The lowest BCUT2D eigenvalue weighted by Gasteiger charge is -2.31. The first-order valence-corrected chi connectivity index (χ1v) is 22.9. The van der Waals surface area contributed by atoms with E-state index in [1.54, 1.807) is 0 Å². The maximum atomic E-state index is 3.79. The second kappa shape index (κ2) is 15.1. The summed E-state index contributed by atoms with van der Waals surface area (Å²) < 4.78 is 0. The molecule has 0 heterocycles. The molecule has 0 bridgehead atoms. The summed E-state index contributed by atoms with van der Waals surface area (Å²) in [5.41, 5.74) is 15.7. The molecule has 0 N–H and O–H groups in total. The van der Waals surface area contributed by atoms with Crippen LogP contribution in [-0.4, -0.2) is 16.1 Å². The van der Waals surface area contributed by atoms with Crippen molar-refractivity contribution in [3.8, 4) is 34.8 Å². The molecule has 0 atom stereocenters. The van der Waals surface area contributed by atoms with Crippen LogP contribution in [0.25, 0.3) is 11.1 Å². The average molecular weight is 659 g/mol. The van der Waals surface area contributed by atoms with E-state index < -0.39 is 16.1 Å². The maximum Gasteiger partial charge on any atom is 0.138 e. The van der Waals surface area contributed by atoms with Crippen molar-refractivity contribution < 1.29 is 0 Å². The molecular formula is C46H50Si2. The van der Waals surface area contributed by atoms with Crippen LogP contribution in [0.1, 0.15) is 63.8 Å². The third-order valence-corrected chi connectivity index (χ3v) is 18.8. The van der Waals surface area contributed by atoms with Gasteiger partial charge in [0.2, 0.25) is 0 Å². The van der Waals surface area contributed by atoms with E-state index in [4.69, 9.17) is 0 Å². The summed E-state index contributed by atoms with van der Waals surface area (Å²) in [5, 5.41) is 0.234. The summed E-state index contributed by atoms with van der Waals surface area (Å²) >= 11 is 0. The highest BCUT2D eigenvalue weighted by Crippen LogP contribution is 2.37. The second-order valence-electron chi connectivity index (χ2n) is 15.5. The predicted molar refractivity (Wildman–Crippen MR) is 216 cm³/mol. The molecule has 0 saturated heterocycles. The summed E-state index contributed by atoms with van der Waals surface area (Å²) in [6, 6.07) is 42.2. The Morgan fingerprint density at radius 3 is 0.812 bits per heavy atom. The minimum Gasteiger partial charge on any atom is -0.125 e. The molecular weight excluding hydrogens is 609 g/mol. The van der Waals surface area contributed by atoms with Crippen molar-refractivity contribution in [3.05, 3.63) is 155 Å². The highest BCUT2D eigenvalue weighted by atomic mass is 28.3. The monoisotopic (exact) mass is 658 g/mol. The molecule has 0 nitrogen and oxygen atoms in total. The Labute approximate surface area is 293 Å². The molecule has 242 valence electrons. The Kier molecular flexibility index (Phi) is 11.5. The SMILES string of the molecule is CC(C)(C)[Si](C)(C)C#CC(C#CC(C#C[Si](C)(C)C(C)(C)C)=C(c1ccccc1)c1ccccc1)=C(c1ccccc1)c1ccccc1. The van der Waals surface area contributed by atoms with Gasteiger partial charge < -0.3 is 0 Å². The highest BCUT2D eigenvalue weighted by Gasteiger charge is 2.34. The van der Waals surface area contributed by atoms with Crippen LogP contribution < -0.4 is 0 Å². The van der Waals surface area contributed by atoms with Crippen molar-refractivity contribution in [2.75, 3.05) is 0 Å². The van der Waals surface area contributed by atoms with E-state index in [9.17, 15) is 0 Å². The van der Waals surface area contributed by atoms with E-state index in [0.717, 1.165) is 44.5 Å². The Morgan fingerprint density at radius 2 is 0.604 bits per heavy atom. The Morgan fingerprint density at radius 1 is 0.375 bits per heavy atom. The van der Waals surface area contributed by atoms with Crippen LogP contribution in [0, 0.1) is 34.8 Å². The summed E-state index contributed by atoms with van der Waals surface area (Å²) in [6.45, 7) is 23.3. The minimum atomic E-state index is -1.96. The van der Waals surface area contributed by atoms with E-state index in [1.165, 1.54) is 0 Å². The third-order valence-electron chi connectivity index (χ3n) is 9.81. The molecule has 2 heteroatoms. The van der Waals surface area contributed by atoms with Gasteiger partial charge in [-0.2, -0.15) is 0 Å². The van der Waals surface area contributed by atoms with Crippen LogP contribution in [0.5, 0.6) is 0 Å². The predicted octanol–water partition coefficient (Wildman–Crippen LogP) is 12.1. The fraction of sp³-hybridized carbons (Fsp3) is 0.261. The lowest BCUT2D eigenvalue weighted by Crippen LogP contribution is -2.35. The van der Waals surface area contributed by atoms with Gasteiger partial charge in [-0.1, -0.05) is 213 Å². The Hall–Kier alpha value is -4.53. The number of rotatable bonds is 4. The zero-order valence-electron chi connectivity index (χ0n) is 30.5. The first-order valence-electron chi connectivity index (χ1n) is 16.9. The van der Waals surface area contributed by atoms with Gasteiger partial charge in [0.1, 0.15) is 16.1 Å².